The number of alkyl halides is 3. The molecule has 11 heteroatoms. The first-order valence-corrected chi connectivity index (χ1v) is 7.72. The lowest BCUT2D eigenvalue weighted by Crippen LogP contribution is -2.47. The minimum Gasteiger partial charge on any atom is -0.329 e. The highest BCUT2D eigenvalue weighted by molar-refractivity contribution is 5.95. The van der Waals surface area contributed by atoms with Crippen LogP contribution >= 0.6 is 0 Å². The van der Waals surface area contributed by atoms with Crippen LogP contribution in [-0.2, 0) is 9.63 Å². The van der Waals surface area contributed by atoms with Gasteiger partial charge in [0.2, 0.25) is 0 Å². The molecule has 1 fully saturated rings. The van der Waals surface area contributed by atoms with Gasteiger partial charge in [-0.1, -0.05) is 6.07 Å². The van der Waals surface area contributed by atoms with Gasteiger partial charge in [0.25, 0.3) is 11.6 Å². The Bertz CT molecular complexity index is 702. The second-order valence-corrected chi connectivity index (χ2v) is 5.88. The Kier molecular flexibility index (Phi) is 5.80. The van der Waals surface area contributed by atoms with Gasteiger partial charge in [0.05, 0.1) is 11.0 Å². The number of benzene rings is 1. The third kappa shape index (κ3) is 4.69. The number of carbonyl (C=O) groups excluding carboxylic acids is 2. The Morgan fingerprint density at radius 3 is 2.38 bits per heavy atom. The van der Waals surface area contributed by atoms with Gasteiger partial charge >= 0.3 is 12.1 Å². The number of nitro groups is 1. The summed E-state index contributed by atoms with van der Waals surface area (Å²) in [5.74, 6) is -3.60. The fourth-order valence-corrected chi connectivity index (χ4v) is 2.64. The topological polar surface area (TPSA) is 116 Å². The Labute approximate surface area is 145 Å². The Hall–Kier alpha value is -2.69. The van der Waals surface area contributed by atoms with E-state index in [9.17, 15) is 32.9 Å². The molecule has 1 aromatic carbocycles. The second kappa shape index (κ2) is 7.68. The van der Waals surface area contributed by atoms with E-state index in [1.807, 2.05) is 0 Å². The van der Waals surface area contributed by atoms with Crippen LogP contribution in [0.4, 0.5) is 18.9 Å². The third-order valence-corrected chi connectivity index (χ3v) is 3.99. The summed E-state index contributed by atoms with van der Waals surface area (Å²) >= 11 is 0. The van der Waals surface area contributed by atoms with Crippen LogP contribution in [0, 0.1) is 10.1 Å². The molecule has 0 radical (unpaired) electrons. The Morgan fingerprint density at radius 1 is 1.23 bits per heavy atom. The zero-order valence-corrected chi connectivity index (χ0v) is 13.4. The lowest BCUT2D eigenvalue weighted by Gasteiger charge is -2.34. The molecular weight excluding hydrogens is 359 g/mol. The number of nitro benzene ring substituents is 1. The molecule has 2 N–H and O–H groups in total. The van der Waals surface area contributed by atoms with Gasteiger partial charge < -0.3 is 10.6 Å². The third-order valence-electron chi connectivity index (χ3n) is 3.99. The molecule has 0 heterocycles. The lowest BCUT2D eigenvalue weighted by molar-refractivity contribution is -0.384. The van der Waals surface area contributed by atoms with Crippen LogP contribution in [0.2, 0.25) is 0 Å². The van der Waals surface area contributed by atoms with Crippen molar-refractivity contribution in [2.75, 3.05) is 0 Å². The average molecular weight is 375 g/mol. The van der Waals surface area contributed by atoms with E-state index in [4.69, 9.17) is 5.73 Å². The van der Waals surface area contributed by atoms with Crippen LogP contribution in [0.15, 0.2) is 24.3 Å². The van der Waals surface area contributed by atoms with Gasteiger partial charge in [0.15, 0.2) is 0 Å². The van der Waals surface area contributed by atoms with E-state index in [0.29, 0.717) is 17.9 Å². The van der Waals surface area contributed by atoms with Crippen molar-refractivity contribution in [1.82, 2.24) is 5.06 Å². The smallest absolute Gasteiger partial charge is 0.329 e. The molecule has 0 aromatic heterocycles. The zero-order valence-electron chi connectivity index (χ0n) is 13.4. The summed E-state index contributed by atoms with van der Waals surface area (Å²) in [6, 6.07) is 3.49. The summed E-state index contributed by atoms with van der Waals surface area (Å²) in [6.07, 6.45) is -3.92. The van der Waals surface area contributed by atoms with Crippen molar-refractivity contribution in [1.29, 1.82) is 0 Å². The molecule has 0 unspecified atom stereocenters. The van der Waals surface area contributed by atoms with E-state index in [1.165, 1.54) is 12.1 Å². The summed E-state index contributed by atoms with van der Waals surface area (Å²) in [7, 11) is 0. The van der Waals surface area contributed by atoms with Gasteiger partial charge in [-0.2, -0.15) is 18.2 Å². The monoisotopic (exact) mass is 375 g/mol. The standard InChI is InChI=1S/C15H16F3N3O5/c16-15(17,18)14(23)26-20(11-6-4-10(19)5-7-11)13(22)9-2-1-3-12(8-9)21(24)25/h1-3,8,10-11H,4-7,19H2. The minimum absolute atomic E-state index is 0.153. The summed E-state index contributed by atoms with van der Waals surface area (Å²) in [6.45, 7) is 0. The van der Waals surface area contributed by atoms with Gasteiger partial charge in [-0.25, -0.2) is 4.79 Å². The van der Waals surface area contributed by atoms with Crippen molar-refractivity contribution in [2.45, 2.75) is 43.9 Å². The van der Waals surface area contributed by atoms with Crippen molar-refractivity contribution in [2.24, 2.45) is 5.73 Å². The number of nitrogens with zero attached hydrogens (tertiary/aromatic N) is 2. The van der Waals surface area contributed by atoms with Crippen molar-refractivity contribution >= 4 is 17.6 Å². The van der Waals surface area contributed by atoms with E-state index in [1.54, 1.807) is 0 Å². The van der Waals surface area contributed by atoms with E-state index in [2.05, 4.69) is 4.84 Å². The van der Waals surface area contributed by atoms with Crippen LogP contribution in [0.1, 0.15) is 36.0 Å². The highest BCUT2D eigenvalue weighted by Crippen LogP contribution is 2.27. The number of hydrogen-bond acceptors (Lipinski definition) is 6. The van der Waals surface area contributed by atoms with E-state index in [0.717, 1.165) is 12.1 Å². The lowest BCUT2D eigenvalue weighted by atomic mass is 9.91. The molecule has 8 nitrogen and oxygen atoms in total. The number of non-ortho nitro benzene ring substituents is 1. The predicted octanol–water partition coefficient (Wildman–Crippen LogP) is 2.33. The maximum Gasteiger partial charge on any atom is 0.493 e. The molecule has 1 saturated carbocycles. The van der Waals surface area contributed by atoms with Crippen molar-refractivity contribution < 1.29 is 32.5 Å². The fraction of sp³-hybridized carbons (Fsp3) is 0.467. The van der Waals surface area contributed by atoms with Gasteiger partial charge in [-0.15, -0.1) is 0 Å². The van der Waals surface area contributed by atoms with Crippen molar-refractivity contribution in [3.05, 3.63) is 39.9 Å². The molecule has 142 valence electrons. The Balaban J connectivity index is 2.30. The largest absolute Gasteiger partial charge is 0.493 e. The SMILES string of the molecule is NC1CCC(N(OC(=O)C(F)(F)F)C(=O)c2cccc([N+](=O)[O-])c2)CC1. The summed E-state index contributed by atoms with van der Waals surface area (Å²) in [4.78, 5) is 38.2. The summed E-state index contributed by atoms with van der Waals surface area (Å²) in [5, 5.41) is 11.2. The molecule has 0 bridgehead atoms. The molecule has 1 aliphatic carbocycles. The van der Waals surface area contributed by atoms with Crippen LogP contribution in [0.3, 0.4) is 0 Å². The van der Waals surface area contributed by atoms with E-state index < -0.39 is 34.7 Å². The average Bonchev–Trinajstić information content (AvgIpc) is 2.59. The number of hydrogen-bond donors (Lipinski definition) is 1. The van der Waals surface area contributed by atoms with E-state index in [-0.39, 0.29) is 24.4 Å². The minimum atomic E-state index is -5.29. The van der Waals surface area contributed by atoms with Gasteiger partial charge in [0.1, 0.15) is 0 Å². The molecule has 26 heavy (non-hydrogen) atoms. The quantitative estimate of drug-likeness (QED) is 0.640. The molecular formula is C15H16F3N3O5. The summed E-state index contributed by atoms with van der Waals surface area (Å²) in [5.41, 5.74) is 5.07. The van der Waals surface area contributed by atoms with Crippen LogP contribution in [-0.4, -0.2) is 40.1 Å². The zero-order chi connectivity index (χ0) is 19.5. The van der Waals surface area contributed by atoms with Crippen LogP contribution in [0.25, 0.3) is 0 Å². The number of halogens is 3. The van der Waals surface area contributed by atoms with Gasteiger partial charge in [0, 0.05) is 23.7 Å². The predicted molar refractivity (Wildman–Crippen MR) is 81.6 cm³/mol. The number of rotatable bonds is 3. The number of carbonyl (C=O) groups is 2. The van der Waals surface area contributed by atoms with Crippen LogP contribution in [0.5, 0.6) is 0 Å². The highest BCUT2D eigenvalue weighted by Gasteiger charge is 2.45. The number of amides is 1. The summed E-state index contributed by atoms with van der Waals surface area (Å²) < 4.78 is 37.7. The molecule has 0 saturated heterocycles. The molecule has 0 aliphatic heterocycles. The highest BCUT2D eigenvalue weighted by atomic mass is 19.4. The second-order valence-electron chi connectivity index (χ2n) is 5.88. The molecule has 0 spiro atoms. The number of nitrogens with two attached hydrogens (primary N) is 1. The van der Waals surface area contributed by atoms with Crippen LogP contribution < -0.4 is 5.73 Å². The van der Waals surface area contributed by atoms with Gasteiger partial charge in [-0.05, 0) is 31.7 Å². The first-order valence-electron chi connectivity index (χ1n) is 7.72. The number of hydroxylamine groups is 2. The van der Waals surface area contributed by atoms with Crippen molar-refractivity contribution in [3.63, 3.8) is 0 Å². The molecule has 1 aliphatic rings. The van der Waals surface area contributed by atoms with Gasteiger partial charge in [-0.3, -0.25) is 14.9 Å². The van der Waals surface area contributed by atoms with E-state index >= 15 is 0 Å². The molecule has 2 rings (SSSR count). The Morgan fingerprint density at radius 2 is 1.85 bits per heavy atom. The molecule has 0 atom stereocenters. The van der Waals surface area contributed by atoms with Crippen molar-refractivity contribution in [3.8, 4) is 0 Å². The first kappa shape index (κ1) is 19.6. The molecule has 1 aromatic rings. The maximum atomic E-state index is 12.6. The maximum absolute atomic E-state index is 12.6. The molecule has 1 amide bonds. The first-order chi connectivity index (χ1) is 12.1. The fourth-order valence-electron chi connectivity index (χ4n) is 2.64. The normalized spacial score (nSPS) is 20.3.